The number of alkyl halides is 3. The van der Waals surface area contributed by atoms with Gasteiger partial charge in [-0.1, -0.05) is 12.1 Å². The van der Waals surface area contributed by atoms with Crippen molar-refractivity contribution >= 4 is 0 Å². The van der Waals surface area contributed by atoms with Crippen molar-refractivity contribution in [3.63, 3.8) is 0 Å². The third kappa shape index (κ3) is 2.66. The van der Waals surface area contributed by atoms with Gasteiger partial charge in [0.25, 0.3) is 0 Å². The van der Waals surface area contributed by atoms with Gasteiger partial charge in [0.2, 0.25) is 0 Å². The Labute approximate surface area is 124 Å². The normalized spacial score (nSPS) is 17.2. The van der Waals surface area contributed by atoms with Gasteiger partial charge in [0.05, 0.1) is 5.56 Å². The van der Waals surface area contributed by atoms with Crippen LogP contribution in [-0.2, 0) is 12.6 Å². The lowest BCUT2D eigenvalue weighted by molar-refractivity contribution is -0.137. The molecule has 2 aromatic carbocycles. The molecule has 0 fully saturated rings. The Balaban J connectivity index is 2.18. The maximum atomic E-state index is 13.4. The van der Waals surface area contributed by atoms with Crippen molar-refractivity contribution in [1.82, 2.24) is 0 Å². The number of ether oxygens (including phenoxy) is 1. The summed E-state index contributed by atoms with van der Waals surface area (Å²) < 4.78 is 58.2. The van der Waals surface area contributed by atoms with Gasteiger partial charge >= 0.3 is 6.18 Å². The molecule has 1 atom stereocenters. The molecular weight excluding hydrogens is 298 g/mol. The second-order valence-corrected chi connectivity index (χ2v) is 5.20. The van der Waals surface area contributed by atoms with Crippen LogP contribution in [0.4, 0.5) is 17.6 Å². The van der Waals surface area contributed by atoms with E-state index in [0.717, 1.165) is 12.1 Å². The monoisotopic (exact) mass is 311 g/mol. The van der Waals surface area contributed by atoms with E-state index in [-0.39, 0.29) is 18.2 Å². The summed E-state index contributed by atoms with van der Waals surface area (Å²) in [4.78, 5) is 0. The molecular formula is C16H13F4NO. The lowest BCUT2D eigenvalue weighted by Crippen LogP contribution is -2.24. The van der Waals surface area contributed by atoms with E-state index in [4.69, 9.17) is 10.5 Å². The van der Waals surface area contributed by atoms with Gasteiger partial charge in [0, 0.05) is 18.5 Å². The molecule has 1 heterocycles. The van der Waals surface area contributed by atoms with Gasteiger partial charge in [-0.25, -0.2) is 4.39 Å². The minimum absolute atomic E-state index is 0.207. The van der Waals surface area contributed by atoms with Crippen LogP contribution in [0.2, 0.25) is 0 Å². The first-order valence-electron chi connectivity index (χ1n) is 6.75. The highest BCUT2D eigenvalue weighted by Crippen LogP contribution is 2.43. The lowest BCUT2D eigenvalue weighted by Gasteiger charge is -2.14. The maximum absolute atomic E-state index is 13.4. The summed E-state index contributed by atoms with van der Waals surface area (Å²) in [7, 11) is 0. The molecule has 0 bridgehead atoms. The summed E-state index contributed by atoms with van der Waals surface area (Å²) in [6.45, 7) is 0.207. The van der Waals surface area contributed by atoms with E-state index in [9.17, 15) is 17.6 Å². The van der Waals surface area contributed by atoms with Gasteiger partial charge in [0.15, 0.2) is 0 Å². The lowest BCUT2D eigenvalue weighted by atomic mass is 9.97. The summed E-state index contributed by atoms with van der Waals surface area (Å²) in [5.74, 6) is -0.161. The van der Waals surface area contributed by atoms with Crippen LogP contribution in [0.1, 0.15) is 11.1 Å². The summed E-state index contributed by atoms with van der Waals surface area (Å²) in [5, 5.41) is 0. The number of hydrogen-bond acceptors (Lipinski definition) is 2. The zero-order chi connectivity index (χ0) is 15.9. The number of benzene rings is 2. The molecule has 1 aliphatic rings. The van der Waals surface area contributed by atoms with Gasteiger partial charge in [-0.2, -0.15) is 13.2 Å². The van der Waals surface area contributed by atoms with Gasteiger partial charge in [-0.05, 0) is 35.4 Å². The molecule has 6 heteroatoms. The van der Waals surface area contributed by atoms with Crippen molar-refractivity contribution in [1.29, 1.82) is 0 Å². The van der Waals surface area contributed by atoms with Crippen molar-refractivity contribution in [3.8, 4) is 16.9 Å². The molecule has 0 radical (unpaired) electrons. The Morgan fingerprint density at radius 3 is 2.59 bits per heavy atom. The van der Waals surface area contributed by atoms with E-state index >= 15 is 0 Å². The zero-order valence-corrected chi connectivity index (χ0v) is 11.5. The van der Waals surface area contributed by atoms with Gasteiger partial charge < -0.3 is 10.5 Å². The highest BCUT2D eigenvalue weighted by molar-refractivity contribution is 5.74. The van der Waals surface area contributed by atoms with Crippen molar-refractivity contribution < 1.29 is 22.3 Å². The number of rotatable bonds is 2. The summed E-state index contributed by atoms with van der Waals surface area (Å²) in [6, 6.07) is 7.50. The number of halogens is 4. The number of fused-ring (bicyclic) bond motifs is 1. The van der Waals surface area contributed by atoms with E-state index in [2.05, 4.69) is 0 Å². The van der Waals surface area contributed by atoms with E-state index in [1.165, 1.54) is 18.2 Å². The van der Waals surface area contributed by atoms with E-state index in [1.54, 1.807) is 6.07 Å². The quantitative estimate of drug-likeness (QED) is 0.857. The molecule has 0 amide bonds. The molecule has 1 unspecified atom stereocenters. The van der Waals surface area contributed by atoms with Crippen LogP contribution in [0, 0.1) is 5.82 Å². The molecule has 0 aliphatic carbocycles. The van der Waals surface area contributed by atoms with Crippen molar-refractivity contribution in [2.24, 2.45) is 5.73 Å². The van der Waals surface area contributed by atoms with Crippen molar-refractivity contribution in [2.75, 3.05) is 6.54 Å². The summed E-state index contributed by atoms with van der Waals surface area (Å²) in [6.07, 6.45) is -4.51. The summed E-state index contributed by atoms with van der Waals surface area (Å²) >= 11 is 0. The third-order valence-corrected chi connectivity index (χ3v) is 3.62. The Morgan fingerprint density at radius 2 is 1.95 bits per heavy atom. The fourth-order valence-electron chi connectivity index (χ4n) is 2.60. The molecule has 0 aromatic heterocycles. The Bertz CT molecular complexity index is 712. The Hall–Kier alpha value is -2.08. The van der Waals surface area contributed by atoms with Crippen molar-refractivity contribution in [3.05, 3.63) is 53.3 Å². The smallest absolute Gasteiger partial charge is 0.416 e. The first-order valence-corrected chi connectivity index (χ1v) is 6.75. The summed E-state index contributed by atoms with van der Waals surface area (Å²) in [5.41, 5.74) is 5.80. The minimum atomic E-state index is -4.47. The fraction of sp³-hybridized carbons (Fsp3) is 0.250. The van der Waals surface area contributed by atoms with Crippen LogP contribution < -0.4 is 10.5 Å². The molecule has 3 rings (SSSR count). The van der Waals surface area contributed by atoms with E-state index in [0.29, 0.717) is 23.3 Å². The maximum Gasteiger partial charge on any atom is 0.416 e. The second kappa shape index (κ2) is 5.28. The first kappa shape index (κ1) is 14.8. The van der Waals surface area contributed by atoms with Crippen LogP contribution >= 0.6 is 0 Å². The van der Waals surface area contributed by atoms with Crippen LogP contribution in [-0.4, -0.2) is 12.6 Å². The van der Waals surface area contributed by atoms with Crippen molar-refractivity contribution in [2.45, 2.75) is 18.7 Å². The average molecular weight is 311 g/mol. The highest BCUT2D eigenvalue weighted by atomic mass is 19.4. The van der Waals surface area contributed by atoms with Crippen LogP contribution in [0.25, 0.3) is 11.1 Å². The third-order valence-electron chi connectivity index (χ3n) is 3.62. The zero-order valence-electron chi connectivity index (χ0n) is 11.5. The standard InChI is InChI=1S/C16H13F4NO/c17-12-3-1-2-9(5-12)14-7-11(16(18,19)20)4-10-6-13(8-21)22-15(10)14/h1-5,7,13H,6,8,21H2. The molecule has 2 aromatic rings. The Kier molecular flexibility index (Phi) is 3.56. The topological polar surface area (TPSA) is 35.2 Å². The molecule has 116 valence electrons. The molecule has 0 spiro atoms. The fourth-order valence-corrected chi connectivity index (χ4v) is 2.60. The SMILES string of the molecule is NCC1Cc2cc(C(F)(F)F)cc(-c3cccc(F)c3)c2O1. The van der Waals surface area contributed by atoms with Gasteiger partial charge in [-0.3, -0.25) is 0 Å². The average Bonchev–Trinajstić information content (AvgIpc) is 2.88. The van der Waals surface area contributed by atoms with Gasteiger partial charge in [-0.15, -0.1) is 0 Å². The highest BCUT2D eigenvalue weighted by Gasteiger charge is 2.35. The molecule has 2 N–H and O–H groups in total. The largest absolute Gasteiger partial charge is 0.488 e. The number of hydrogen-bond donors (Lipinski definition) is 1. The van der Waals surface area contributed by atoms with E-state index < -0.39 is 17.6 Å². The second-order valence-electron chi connectivity index (χ2n) is 5.20. The Morgan fingerprint density at radius 1 is 1.18 bits per heavy atom. The minimum Gasteiger partial charge on any atom is -0.488 e. The van der Waals surface area contributed by atoms with Crippen LogP contribution in [0.5, 0.6) is 5.75 Å². The number of nitrogens with two attached hydrogens (primary N) is 1. The predicted molar refractivity (Wildman–Crippen MR) is 74.0 cm³/mol. The molecule has 0 saturated carbocycles. The van der Waals surface area contributed by atoms with Crippen LogP contribution in [0.15, 0.2) is 36.4 Å². The first-order chi connectivity index (χ1) is 10.4. The molecule has 22 heavy (non-hydrogen) atoms. The van der Waals surface area contributed by atoms with Gasteiger partial charge in [0.1, 0.15) is 17.7 Å². The predicted octanol–water partition coefficient (Wildman–Crippen LogP) is 3.77. The molecule has 1 aliphatic heterocycles. The molecule has 2 nitrogen and oxygen atoms in total. The van der Waals surface area contributed by atoms with E-state index in [1.807, 2.05) is 0 Å². The van der Waals surface area contributed by atoms with Crippen LogP contribution in [0.3, 0.4) is 0 Å². The molecule has 0 saturated heterocycles.